The van der Waals surface area contributed by atoms with Crippen molar-refractivity contribution in [2.75, 3.05) is 19.3 Å². The van der Waals surface area contributed by atoms with Gasteiger partial charge in [-0.2, -0.15) is 0 Å². The largest absolute Gasteiger partial charge is 0.300 e. The smallest absolute Gasteiger partial charge is 0.211 e. The van der Waals surface area contributed by atoms with Gasteiger partial charge in [0.1, 0.15) is 5.78 Å². The number of rotatable bonds is 6. The molecule has 0 N–H and O–H groups in total. The van der Waals surface area contributed by atoms with Crippen LogP contribution in [0.15, 0.2) is 0 Å². The minimum Gasteiger partial charge on any atom is -0.300 e. The van der Waals surface area contributed by atoms with Crippen LogP contribution in [0.25, 0.3) is 0 Å². The molecule has 1 aliphatic rings. The van der Waals surface area contributed by atoms with Crippen molar-refractivity contribution in [3.8, 4) is 0 Å². The van der Waals surface area contributed by atoms with Gasteiger partial charge < -0.3 is 0 Å². The summed E-state index contributed by atoms with van der Waals surface area (Å²) in [7, 11) is -3.12. The summed E-state index contributed by atoms with van der Waals surface area (Å²) < 4.78 is 24.7. The average Bonchev–Trinajstić information content (AvgIpc) is 2.24. The van der Waals surface area contributed by atoms with E-state index in [-0.39, 0.29) is 17.1 Å². The van der Waals surface area contributed by atoms with E-state index in [0.29, 0.717) is 31.8 Å². The van der Waals surface area contributed by atoms with E-state index < -0.39 is 10.0 Å². The van der Waals surface area contributed by atoms with Gasteiger partial charge in [-0.25, -0.2) is 12.7 Å². The molecule has 0 amide bonds. The van der Waals surface area contributed by atoms with Crippen molar-refractivity contribution in [3.05, 3.63) is 0 Å². The molecule has 124 valence electrons. The van der Waals surface area contributed by atoms with Crippen molar-refractivity contribution in [2.45, 2.75) is 59.8 Å². The van der Waals surface area contributed by atoms with E-state index in [4.69, 9.17) is 0 Å². The fraction of sp³-hybridized carbons (Fsp3) is 0.938. The Morgan fingerprint density at radius 3 is 2.48 bits per heavy atom. The zero-order chi connectivity index (χ0) is 16.3. The Kier molecular flexibility index (Phi) is 6.41. The van der Waals surface area contributed by atoms with Crippen LogP contribution >= 0.6 is 0 Å². The number of carbonyl (C=O) groups is 1. The number of ketones is 1. The standard InChI is InChI=1S/C16H31NO3S/c1-13(11-16(2,3)4)9-15(18)10-14-7-6-8-17(12-14)21(5,19)20/h13-14H,6-12H2,1-5H3. The van der Waals surface area contributed by atoms with E-state index in [0.717, 1.165) is 19.3 Å². The SMILES string of the molecule is CC(CC(=O)CC1CCCN(S(C)(=O)=O)C1)CC(C)(C)C. The predicted molar refractivity (Wildman–Crippen MR) is 86.6 cm³/mol. The van der Waals surface area contributed by atoms with E-state index in [2.05, 4.69) is 27.7 Å². The predicted octanol–water partition coefficient (Wildman–Crippen LogP) is 3.08. The Morgan fingerprint density at radius 1 is 1.33 bits per heavy atom. The van der Waals surface area contributed by atoms with Crippen LogP contribution in [0.3, 0.4) is 0 Å². The zero-order valence-electron chi connectivity index (χ0n) is 14.2. The average molecular weight is 317 g/mol. The maximum absolute atomic E-state index is 12.2. The first-order valence-electron chi connectivity index (χ1n) is 7.94. The van der Waals surface area contributed by atoms with Crippen molar-refractivity contribution >= 4 is 15.8 Å². The Morgan fingerprint density at radius 2 is 1.95 bits per heavy atom. The lowest BCUT2D eigenvalue weighted by molar-refractivity contribution is -0.121. The number of Topliss-reactive ketones (excluding diaryl/α,β-unsaturated/α-hetero) is 1. The molecule has 1 aliphatic heterocycles. The lowest BCUT2D eigenvalue weighted by atomic mass is 9.82. The van der Waals surface area contributed by atoms with Crippen LogP contribution in [0, 0.1) is 17.3 Å². The Bertz CT molecular complexity index is 451. The quantitative estimate of drug-likeness (QED) is 0.756. The lowest BCUT2D eigenvalue weighted by Crippen LogP contribution is -2.39. The molecule has 0 bridgehead atoms. The third-order valence-electron chi connectivity index (χ3n) is 4.00. The monoisotopic (exact) mass is 317 g/mol. The van der Waals surface area contributed by atoms with Gasteiger partial charge in [0.25, 0.3) is 0 Å². The van der Waals surface area contributed by atoms with E-state index in [9.17, 15) is 13.2 Å². The normalized spacial score (nSPS) is 23.0. The molecule has 0 aliphatic carbocycles. The molecule has 1 fully saturated rings. The van der Waals surface area contributed by atoms with Gasteiger partial charge >= 0.3 is 0 Å². The van der Waals surface area contributed by atoms with Gasteiger partial charge in [-0.15, -0.1) is 0 Å². The number of hydrogen-bond acceptors (Lipinski definition) is 3. The first kappa shape index (κ1) is 18.6. The van der Waals surface area contributed by atoms with Crippen LogP contribution in [0.2, 0.25) is 0 Å². The molecule has 2 atom stereocenters. The van der Waals surface area contributed by atoms with Gasteiger partial charge in [-0.3, -0.25) is 4.79 Å². The first-order chi connectivity index (χ1) is 9.47. The molecule has 5 heteroatoms. The fourth-order valence-electron chi connectivity index (χ4n) is 3.41. The molecule has 0 aromatic heterocycles. The highest BCUT2D eigenvalue weighted by molar-refractivity contribution is 7.88. The zero-order valence-corrected chi connectivity index (χ0v) is 15.0. The van der Waals surface area contributed by atoms with Crippen molar-refractivity contribution in [2.24, 2.45) is 17.3 Å². The fourth-order valence-corrected chi connectivity index (χ4v) is 4.35. The molecule has 21 heavy (non-hydrogen) atoms. The van der Waals surface area contributed by atoms with Crippen LogP contribution in [0.5, 0.6) is 0 Å². The number of nitrogens with zero attached hydrogens (tertiary/aromatic N) is 1. The van der Waals surface area contributed by atoms with Gasteiger partial charge in [-0.1, -0.05) is 27.7 Å². The number of carbonyl (C=O) groups excluding carboxylic acids is 1. The summed E-state index contributed by atoms with van der Waals surface area (Å²) in [6, 6.07) is 0. The molecule has 1 heterocycles. The summed E-state index contributed by atoms with van der Waals surface area (Å²) >= 11 is 0. The molecule has 0 radical (unpaired) electrons. The summed E-state index contributed by atoms with van der Waals surface area (Å²) in [5.74, 6) is 0.877. The highest BCUT2D eigenvalue weighted by Gasteiger charge is 2.27. The molecular weight excluding hydrogens is 286 g/mol. The summed E-state index contributed by atoms with van der Waals surface area (Å²) in [6.07, 6.45) is 5.27. The van der Waals surface area contributed by atoms with Crippen molar-refractivity contribution in [1.82, 2.24) is 4.31 Å². The topological polar surface area (TPSA) is 54.5 Å². The molecular formula is C16H31NO3S. The third kappa shape index (κ3) is 7.41. The molecule has 0 saturated carbocycles. The van der Waals surface area contributed by atoms with Crippen molar-refractivity contribution < 1.29 is 13.2 Å². The summed E-state index contributed by atoms with van der Waals surface area (Å²) in [5.41, 5.74) is 0.248. The Hall–Kier alpha value is -0.420. The van der Waals surface area contributed by atoms with Crippen molar-refractivity contribution in [3.63, 3.8) is 0 Å². The minimum absolute atomic E-state index is 0.197. The maximum Gasteiger partial charge on any atom is 0.211 e. The van der Waals surface area contributed by atoms with Gasteiger partial charge in [0, 0.05) is 25.9 Å². The lowest BCUT2D eigenvalue weighted by Gasteiger charge is -2.31. The van der Waals surface area contributed by atoms with Gasteiger partial charge in [0.15, 0.2) is 0 Å². The number of hydrogen-bond donors (Lipinski definition) is 0. The first-order valence-corrected chi connectivity index (χ1v) is 9.79. The minimum atomic E-state index is -3.12. The van der Waals surface area contributed by atoms with Gasteiger partial charge in [-0.05, 0) is 36.5 Å². The Balaban J connectivity index is 2.44. The third-order valence-corrected chi connectivity index (χ3v) is 5.27. The van der Waals surface area contributed by atoms with E-state index in [1.165, 1.54) is 10.6 Å². The van der Waals surface area contributed by atoms with Crippen molar-refractivity contribution in [1.29, 1.82) is 0 Å². The number of sulfonamides is 1. The second-order valence-electron chi connectivity index (χ2n) is 7.95. The summed E-state index contributed by atoms with van der Waals surface area (Å²) in [4.78, 5) is 12.2. The van der Waals surface area contributed by atoms with Crippen LogP contribution < -0.4 is 0 Å². The molecule has 1 rings (SSSR count). The molecule has 2 unspecified atom stereocenters. The van der Waals surface area contributed by atoms with Gasteiger partial charge in [0.2, 0.25) is 10.0 Å². The highest BCUT2D eigenvalue weighted by Crippen LogP contribution is 2.28. The van der Waals surface area contributed by atoms with Crippen LogP contribution in [0.4, 0.5) is 0 Å². The summed E-state index contributed by atoms with van der Waals surface area (Å²) in [6.45, 7) is 9.83. The molecule has 4 nitrogen and oxygen atoms in total. The van der Waals surface area contributed by atoms with E-state index in [1.54, 1.807) is 0 Å². The molecule has 1 saturated heterocycles. The molecule has 0 aromatic carbocycles. The molecule has 0 aromatic rings. The molecule has 0 spiro atoms. The van der Waals surface area contributed by atoms with E-state index in [1.807, 2.05) is 0 Å². The Labute approximate surface area is 130 Å². The maximum atomic E-state index is 12.2. The number of piperidine rings is 1. The van der Waals surface area contributed by atoms with E-state index >= 15 is 0 Å². The van der Waals surface area contributed by atoms with Crippen LogP contribution in [-0.2, 0) is 14.8 Å². The van der Waals surface area contributed by atoms with Gasteiger partial charge in [0.05, 0.1) is 6.26 Å². The second kappa shape index (κ2) is 7.23. The highest BCUT2D eigenvalue weighted by atomic mass is 32.2. The van der Waals surface area contributed by atoms with Crippen LogP contribution in [-0.4, -0.2) is 37.9 Å². The second-order valence-corrected chi connectivity index (χ2v) is 9.93. The van der Waals surface area contributed by atoms with Crippen LogP contribution in [0.1, 0.15) is 59.8 Å². The summed E-state index contributed by atoms with van der Waals surface area (Å²) in [5, 5.41) is 0.